The molecule has 0 bridgehead atoms. The van der Waals surface area contributed by atoms with Crippen molar-refractivity contribution >= 4 is 21.7 Å². The van der Waals surface area contributed by atoms with Crippen LogP contribution in [0.4, 0.5) is 4.39 Å². The molecule has 6 aliphatic rings. The fourth-order valence-corrected chi connectivity index (χ4v) is 15.1. The van der Waals surface area contributed by atoms with Crippen LogP contribution in [0.2, 0.25) is 0 Å². The van der Waals surface area contributed by atoms with Crippen LogP contribution in [-0.2, 0) is 19.4 Å². The second kappa shape index (κ2) is 16.2. The van der Waals surface area contributed by atoms with Gasteiger partial charge in [-0.1, -0.05) is 65.3 Å². The number of amides is 1. The number of hydrogen-bond acceptors (Lipinski definition) is 5. The number of carboxylic acid groups (broad SMARTS) is 1. The molecule has 1 amide bonds. The Morgan fingerprint density at radius 2 is 1.73 bits per heavy atom. The molecule has 1 N–H and O–H groups in total. The number of carboxylic acids is 1. The molecular formula is C47H75FN2O5S. The summed E-state index contributed by atoms with van der Waals surface area (Å²) in [7, 11) is -2.91. The van der Waals surface area contributed by atoms with Crippen molar-refractivity contribution in [1.82, 2.24) is 9.80 Å². The third kappa shape index (κ3) is 8.00. The zero-order chi connectivity index (χ0) is 40.9. The number of hydrogen-bond donors (Lipinski definition) is 1. The smallest absolute Gasteiger partial charge is 0.312 e. The molecule has 1 saturated heterocycles. The van der Waals surface area contributed by atoms with Gasteiger partial charge in [0.05, 0.1) is 16.9 Å². The first kappa shape index (κ1) is 43.6. The second-order valence-electron chi connectivity index (χ2n) is 21.0. The molecule has 1 heterocycles. The van der Waals surface area contributed by atoms with Gasteiger partial charge in [0, 0.05) is 33.1 Å². The van der Waals surface area contributed by atoms with Gasteiger partial charge in [0.1, 0.15) is 6.67 Å². The van der Waals surface area contributed by atoms with Crippen molar-refractivity contribution in [2.24, 2.45) is 56.7 Å². The number of fused-ring (bicyclic) bond motifs is 3. The lowest BCUT2D eigenvalue weighted by molar-refractivity contribution is -0.154. The van der Waals surface area contributed by atoms with Crippen LogP contribution in [0.15, 0.2) is 35.5 Å². The van der Waals surface area contributed by atoms with E-state index >= 15 is 0 Å². The molecule has 7 nitrogen and oxygen atoms in total. The number of nitrogens with zero attached hydrogens (tertiary/aromatic N) is 2. The van der Waals surface area contributed by atoms with Gasteiger partial charge in [0.15, 0.2) is 9.84 Å². The second-order valence-corrected chi connectivity index (χ2v) is 23.3. The fourth-order valence-electron chi connectivity index (χ4n) is 13.8. The molecule has 316 valence electrons. The van der Waals surface area contributed by atoms with Gasteiger partial charge in [-0.3, -0.25) is 9.59 Å². The van der Waals surface area contributed by atoms with Crippen LogP contribution in [0.25, 0.3) is 0 Å². The lowest BCUT2D eigenvalue weighted by Gasteiger charge is -2.64. The molecule has 0 aromatic heterocycles. The average molecular weight is 799 g/mol. The van der Waals surface area contributed by atoms with Crippen LogP contribution < -0.4 is 0 Å². The zero-order valence-electron chi connectivity index (χ0n) is 36.1. The zero-order valence-corrected chi connectivity index (χ0v) is 36.9. The Morgan fingerprint density at radius 1 is 1.02 bits per heavy atom. The maximum Gasteiger partial charge on any atom is 0.312 e. The van der Waals surface area contributed by atoms with Crippen LogP contribution in [-0.4, -0.2) is 86.1 Å². The monoisotopic (exact) mass is 799 g/mol. The molecule has 56 heavy (non-hydrogen) atoms. The molecule has 5 aliphatic carbocycles. The maximum atomic E-state index is 14.0. The van der Waals surface area contributed by atoms with E-state index < -0.39 is 27.9 Å². The molecular weight excluding hydrogens is 724 g/mol. The number of rotatable bonds is 13. The summed E-state index contributed by atoms with van der Waals surface area (Å²) >= 11 is 0. The van der Waals surface area contributed by atoms with Crippen molar-refractivity contribution in [1.29, 1.82) is 0 Å². The van der Waals surface area contributed by atoms with Gasteiger partial charge in [-0.25, -0.2) is 12.8 Å². The average Bonchev–Trinajstić information content (AvgIpc) is 3.52. The number of allylic oxidation sites excluding steroid dienone is 5. The minimum Gasteiger partial charge on any atom is -0.481 e. The van der Waals surface area contributed by atoms with E-state index in [9.17, 15) is 27.5 Å². The van der Waals surface area contributed by atoms with Gasteiger partial charge in [-0.2, -0.15) is 0 Å². The summed E-state index contributed by atoms with van der Waals surface area (Å²) < 4.78 is 37.9. The molecule has 0 aromatic carbocycles. The molecule has 9 atom stereocenters. The summed E-state index contributed by atoms with van der Waals surface area (Å²) in [6.45, 7) is 23.8. The van der Waals surface area contributed by atoms with Crippen molar-refractivity contribution in [2.45, 2.75) is 138 Å². The third-order valence-corrected chi connectivity index (χ3v) is 19.3. The summed E-state index contributed by atoms with van der Waals surface area (Å²) in [4.78, 5) is 29.7. The van der Waals surface area contributed by atoms with E-state index in [-0.39, 0.29) is 45.5 Å². The number of carbonyl (C=O) groups is 2. The highest BCUT2D eigenvalue weighted by Crippen LogP contribution is 2.71. The van der Waals surface area contributed by atoms with E-state index in [1.165, 1.54) is 55.2 Å². The molecule has 9 unspecified atom stereocenters. The van der Waals surface area contributed by atoms with Crippen LogP contribution in [0.3, 0.4) is 0 Å². The van der Waals surface area contributed by atoms with Gasteiger partial charge < -0.3 is 14.9 Å². The topological polar surface area (TPSA) is 95.0 Å². The normalized spacial score (nSPS) is 39.5. The summed E-state index contributed by atoms with van der Waals surface area (Å²) in [6, 6.07) is 0. The highest BCUT2D eigenvalue weighted by Gasteiger charge is 2.64. The van der Waals surface area contributed by atoms with E-state index in [1.807, 2.05) is 0 Å². The first-order chi connectivity index (χ1) is 26.2. The van der Waals surface area contributed by atoms with Crippen molar-refractivity contribution in [3.63, 3.8) is 0 Å². The van der Waals surface area contributed by atoms with Gasteiger partial charge >= 0.3 is 5.97 Å². The van der Waals surface area contributed by atoms with Crippen LogP contribution in [0.1, 0.15) is 138 Å². The summed E-state index contributed by atoms with van der Waals surface area (Å²) in [5.74, 6) is 2.28. The van der Waals surface area contributed by atoms with Crippen molar-refractivity contribution < 1.29 is 27.5 Å². The molecule has 4 fully saturated rings. The lowest BCUT2D eigenvalue weighted by atomic mass is 9.41. The van der Waals surface area contributed by atoms with Gasteiger partial charge in [-0.15, -0.1) is 0 Å². The van der Waals surface area contributed by atoms with Crippen LogP contribution >= 0.6 is 0 Å². The van der Waals surface area contributed by atoms with E-state index in [2.05, 4.69) is 70.1 Å². The molecule has 3 saturated carbocycles. The molecule has 0 spiro atoms. The Hall–Kier alpha value is -2.00. The molecule has 9 heteroatoms. The number of carbonyl (C=O) groups excluding carboxylic acids is 1. The van der Waals surface area contributed by atoms with E-state index in [1.54, 1.807) is 6.92 Å². The molecule has 1 aliphatic heterocycles. The van der Waals surface area contributed by atoms with E-state index in [4.69, 9.17) is 0 Å². The molecule has 0 radical (unpaired) electrons. The van der Waals surface area contributed by atoms with E-state index in [0.29, 0.717) is 55.5 Å². The maximum absolute atomic E-state index is 14.0. The quantitative estimate of drug-likeness (QED) is 0.187. The number of sulfone groups is 1. The van der Waals surface area contributed by atoms with Gasteiger partial charge in [0.25, 0.3) is 0 Å². The standard InChI is InChI=1S/C47H75FN2O5S/c1-33(2)37-16-22-47(32-50(35(4)51)26-10-25-49-27-29-56(54,55)30-28-49)24-23-45(8)40(41(37)47)11-9-18-44(45,7)19-17-38-34(3)12-13-39(43(38,5)6)36-14-20-46(31-48,21-15-36)42(52)53/h13-14,34,37-38,40-41H,1,9-12,15-32H2,2-8H3,(H,52,53). The van der Waals surface area contributed by atoms with Gasteiger partial charge in [0.2, 0.25) is 5.91 Å². The molecule has 0 aromatic rings. The SMILES string of the molecule is C=C(C)C1CCC2(CN(CCCN3CCS(=O)(=O)CC3)C(C)=O)CCC3(C)C(CCCC3(C)CCC3C(C)CC=C(C4=CCC(CF)(C(=O)O)CC4)C3(C)C)C12. The Bertz CT molecular complexity index is 1670. The summed E-state index contributed by atoms with van der Waals surface area (Å²) in [5, 5.41) is 9.82. The minimum absolute atomic E-state index is 0.0478. The molecule has 6 rings (SSSR count). The van der Waals surface area contributed by atoms with Crippen molar-refractivity contribution in [3.05, 3.63) is 35.5 Å². The highest BCUT2D eigenvalue weighted by molar-refractivity contribution is 7.91. The van der Waals surface area contributed by atoms with Crippen LogP contribution in [0, 0.1) is 56.7 Å². The fraction of sp³-hybridized carbons (Fsp3) is 0.830. The van der Waals surface area contributed by atoms with Gasteiger partial charge in [-0.05, 0) is 159 Å². The first-order valence-corrected chi connectivity index (χ1v) is 24.1. The highest BCUT2D eigenvalue weighted by atomic mass is 32.2. The van der Waals surface area contributed by atoms with Crippen LogP contribution in [0.5, 0.6) is 0 Å². The predicted octanol–water partition coefficient (Wildman–Crippen LogP) is 9.69. The number of halogens is 1. The van der Waals surface area contributed by atoms with E-state index in [0.717, 1.165) is 51.7 Å². The Kier molecular flexibility index (Phi) is 12.6. The summed E-state index contributed by atoms with van der Waals surface area (Å²) in [6.07, 6.45) is 18.4. The number of aliphatic carboxylic acids is 1. The number of alkyl halides is 1. The minimum atomic E-state index is -2.91. The predicted molar refractivity (Wildman–Crippen MR) is 225 cm³/mol. The lowest BCUT2D eigenvalue weighted by Crippen LogP contribution is -2.58. The van der Waals surface area contributed by atoms with Crippen molar-refractivity contribution in [2.75, 3.05) is 50.9 Å². The van der Waals surface area contributed by atoms with Crippen molar-refractivity contribution in [3.8, 4) is 0 Å². The Labute approximate surface area is 339 Å². The largest absolute Gasteiger partial charge is 0.481 e. The Morgan fingerprint density at radius 3 is 2.34 bits per heavy atom. The Balaban J connectivity index is 1.18. The summed E-state index contributed by atoms with van der Waals surface area (Å²) in [5.41, 5.74) is 3.10. The third-order valence-electron chi connectivity index (χ3n) is 17.7. The first-order valence-electron chi connectivity index (χ1n) is 22.3.